The van der Waals surface area contributed by atoms with Gasteiger partial charge in [0.05, 0.1) is 31.6 Å². The van der Waals surface area contributed by atoms with Crippen molar-refractivity contribution in [1.29, 1.82) is 0 Å². The summed E-state index contributed by atoms with van der Waals surface area (Å²) in [7, 11) is 0. The van der Waals surface area contributed by atoms with Crippen LogP contribution in [0.3, 0.4) is 0 Å². The predicted molar refractivity (Wildman–Crippen MR) is 184 cm³/mol. The minimum absolute atomic E-state index is 0.260. The van der Waals surface area contributed by atoms with Crippen molar-refractivity contribution in [2.75, 3.05) is 25.1 Å². The number of rotatable bonds is 16. The number of benzene rings is 2. The van der Waals surface area contributed by atoms with E-state index >= 15 is 0 Å². The van der Waals surface area contributed by atoms with Gasteiger partial charge >= 0.3 is 5.97 Å². The molecule has 47 heavy (non-hydrogen) atoms. The van der Waals surface area contributed by atoms with E-state index in [1.807, 2.05) is 25.1 Å². The van der Waals surface area contributed by atoms with Crippen LogP contribution in [0.25, 0.3) is 0 Å². The Morgan fingerprint density at radius 2 is 1.81 bits per heavy atom. The maximum atomic E-state index is 13.2. The van der Waals surface area contributed by atoms with Gasteiger partial charge in [0.2, 0.25) is 0 Å². The van der Waals surface area contributed by atoms with Crippen LogP contribution in [0.5, 0.6) is 17.2 Å². The van der Waals surface area contributed by atoms with Gasteiger partial charge in [-0.25, -0.2) is 10.2 Å². The fraction of sp³-hybridized carbons (Fsp3) is 0.444. The monoisotopic (exact) mass is 663 g/mol. The zero-order valence-electron chi connectivity index (χ0n) is 27.9. The van der Waals surface area contributed by atoms with E-state index in [2.05, 4.69) is 29.7 Å². The standard InChI is InChI=1S/C36H45N3O7S/c1-6-9-10-19-45-29-18-12-25(21-30(29)43-7-2)22-37-39-33(40)24(5)46-27-15-13-26(14-16-27)34(41)38-35-32(36(42)44-8-3)28-17-11-23(4)20-31(28)47-35/h12-16,18,21-24H,6-11,17,19-20H2,1-5H3,(H,38,41)(H,39,40)/b37-22-/t23-,24+/m1/s1. The SMILES string of the molecule is CCCCCOc1ccc(/C=N\NC(=O)[C@H](C)Oc2ccc(C(=O)Nc3sc4c(c3C(=O)OCC)CC[C@@H](C)C4)cc2)cc1OCC. The second-order valence-corrected chi connectivity index (χ2v) is 12.5. The normalized spacial score (nSPS) is 14.6. The fourth-order valence-corrected chi connectivity index (χ4v) is 6.56. The number of hydrazone groups is 1. The minimum atomic E-state index is -0.850. The summed E-state index contributed by atoms with van der Waals surface area (Å²) in [6, 6.07) is 12.0. The number of ether oxygens (including phenoxy) is 4. The highest BCUT2D eigenvalue weighted by molar-refractivity contribution is 7.17. The number of carbonyl (C=O) groups excluding carboxylic acids is 3. The second-order valence-electron chi connectivity index (χ2n) is 11.4. The number of esters is 1. The van der Waals surface area contributed by atoms with Gasteiger partial charge < -0.3 is 24.3 Å². The van der Waals surface area contributed by atoms with E-state index in [0.717, 1.165) is 54.5 Å². The van der Waals surface area contributed by atoms with Gasteiger partial charge in [0, 0.05) is 10.4 Å². The lowest BCUT2D eigenvalue weighted by Crippen LogP contribution is -2.33. The van der Waals surface area contributed by atoms with Crippen molar-refractivity contribution in [2.45, 2.75) is 79.2 Å². The number of thiophene rings is 1. The Kier molecular flexibility index (Phi) is 13.2. The molecule has 1 aromatic heterocycles. The number of amides is 2. The number of hydrogen-bond acceptors (Lipinski definition) is 9. The molecule has 1 aliphatic rings. The molecule has 4 rings (SSSR count). The summed E-state index contributed by atoms with van der Waals surface area (Å²) < 4.78 is 22.7. The Balaban J connectivity index is 1.32. The van der Waals surface area contributed by atoms with Crippen LogP contribution in [0.1, 0.15) is 97.0 Å². The van der Waals surface area contributed by atoms with Gasteiger partial charge in [-0.15, -0.1) is 11.3 Å². The first-order valence-corrected chi connectivity index (χ1v) is 17.2. The maximum Gasteiger partial charge on any atom is 0.341 e. The molecule has 0 bridgehead atoms. The van der Waals surface area contributed by atoms with E-state index in [1.165, 1.54) is 17.6 Å². The number of fused-ring (bicyclic) bond motifs is 1. The highest BCUT2D eigenvalue weighted by atomic mass is 32.1. The van der Waals surface area contributed by atoms with Crippen molar-refractivity contribution in [3.05, 3.63) is 69.6 Å². The van der Waals surface area contributed by atoms with Crippen LogP contribution < -0.4 is 25.0 Å². The number of anilines is 1. The summed E-state index contributed by atoms with van der Waals surface area (Å²) in [4.78, 5) is 39.7. The zero-order valence-corrected chi connectivity index (χ0v) is 28.7. The molecule has 2 atom stereocenters. The molecule has 3 aromatic rings. The number of unbranched alkanes of at least 4 members (excludes halogenated alkanes) is 2. The van der Waals surface area contributed by atoms with Crippen molar-refractivity contribution in [2.24, 2.45) is 11.0 Å². The minimum Gasteiger partial charge on any atom is -0.490 e. The van der Waals surface area contributed by atoms with E-state index < -0.39 is 18.0 Å². The van der Waals surface area contributed by atoms with E-state index in [0.29, 0.717) is 52.5 Å². The molecule has 2 N–H and O–H groups in total. The molecule has 0 saturated heterocycles. The number of hydrogen-bond donors (Lipinski definition) is 2. The van der Waals surface area contributed by atoms with Gasteiger partial charge in [-0.3, -0.25) is 9.59 Å². The summed E-state index contributed by atoms with van der Waals surface area (Å²) >= 11 is 1.44. The Morgan fingerprint density at radius 3 is 2.53 bits per heavy atom. The number of carbonyl (C=O) groups is 3. The zero-order chi connectivity index (χ0) is 33.8. The molecule has 0 fully saturated rings. The molecule has 2 aromatic carbocycles. The van der Waals surface area contributed by atoms with Gasteiger partial charge in [0.1, 0.15) is 10.8 Å². The molecule has 1 aliphatic carbocycles. The first-order chi connectivity index (χ1) is 22.7. The molecule has 0 spiro atoms. The van der Waals surface area contributed by atoms with Crippen molar-refractivity contribution in [1.82, 2.24) is 5.43 Å². The molecule has 1 heterocycles. The quantitative estimate of drug-likeness (QED) is 0.0720. The molecule has 0 aliphatic heterocycles. The molecular weight excluding hydrogens is 618 g/mol. The molecular formula is C36H45N3O7S. The lowest BCUT2D eigenvalue weighted by molar-refractivity contribution is -0.127. The van der Waals surface area contributed by atoms with Crippen molar-refractivity contribution < 1.29 is 33.3 Å². The molecule has 0 saturated carbocycles. The van der Waals surface area contributed by atoms with Gasteiger partial charge in [0.25, 0.3) is 11.8 Å². The predicted octanol–water partition coefficient (Wildman–Crippen LogP) is 7.19. The maximum absolute atomic E-state index is 13.2. The third-order valence-electron chi connectivity index (χ3n) is 7.68. The molecule has 252 valence electrons. The average Bonchev–Trinajstić information content (AvgIpc) is 3.41. The summed E-state index contributed by atoms with van der Waals surface area (Å²) in [6.45, 7) is 11.0. The van der Waals surface area contributed by atoms with Crippen molar-refractivity contribution in [3.63, 3.8) is 0 Å². The van der Waals surface area contributed by atoms with Crippen molar-refractivity contribution in [3.8, 4) is 17.2 Å². The van der Waals surface area contributed by atoms with Gasteiger partial charge in [-0.1, -0.05) is 26.7 Å². The van der Waals surface area contributed by atoms with Gasteiger partial charge in [0.15, 0.2) is 17.6 Å². The van der Waals surface area contributed by atoms with Crippen LogP contribution in [0.15, 0.2) is 47.6 Å². The van der Waals surface area contributed by atoms with E-state index in [-0.39, 0.29) is 12.5 Å². The Bertz CT molecular complexity index is 1550. The topological polar surface area (TPSA) is 125 Å². The molecule has 2 amide bonds. The average molecular weight is 664 g/mol. The van der Waals surface area contributed by atoms with E-state index in [4.69, 9.17) is 18.9 Å². The second kappa shape index (κ2) is 17.5. The van der Waals surface area contributed by atoms with Crippen LogP contribution in [0.2, 0.25) is 0 Å². The summed E-state index contributed by atoms with van der Waals surface area (Å²) in [6.07, 6.45) is 6.54. The smallest absolute Gasteiger partial charge is 0.341 e. The highest BCUT2D eigenvalue weighted by Crippen LogP contribution is 2.40. The van der Waals surface area contributed by atoms with Gasteiger partial charge in [-0.2, -0.15) is 5.10 Å². The summed E-state index contributed by atoms with van der Waals surface area (Å²) in [5, 5.41) is 7.51. The third-order valence-corrected chi connectivity index (χ3v) is 8.85. The molecule has 11 heteroatoms. The Labute approximate surface area is 280 Å². The van der Waals surface area contributed by atoms with Crippen LogP contribution >= 0.6 is 11.3 Å². The molecule has 10 nitrogen and oxygen atoms in total. The number of nitrogens with zero attached hydrogens (tertiary/aromatic N) is 1. The Morgan fingerprint density at radius 1 is 1.02 bits per heavy atom. The van der Waals surface area contributed by atoms with E-state index in [9.17, 15) is 14.4 Å². The lowest BCUT2D eigenvalue weighted by atomic mass is 9.88. The van der Waals surface area contributed by atoms with Crippen LogP contribution in [0, 0.1) is 5.92 Å². The van der Waals surface area contributed by atoms with Gasteiger partial charge in [-0.05, 0) is 106 Å². The molecule has 0 unspecified atom stereocenters. The first kappa shape index (κ1) is 35.5. The lowest BCUT2D eigenvalue weighted by Gasteiger charge is -2.18. The third kappa shape index (κ3) is 9.81. The van der Waals surface area contributed by atoms with Crippen molar-refractivity contribution >= 4 is 40.3 Å². The first-order valence-electron chi connectivity index (χ1n) is 16.4. The fourth-order valence-electron chi connectivity index (χ4n) is 5.16. The van der Waals surface area contributed by atoms with Crippen LogP contribution in [-0.4, -0.2) is 49.9 Å². The summed E-state index contributed by atoms with van der Waals surface area (Å²) in [5.41, 5.74) is 5.08. The Hall–Kier alpha value is -4.38. The summed E-state index contributed by atoms with van der Waals surface area (Å²) in [5.74, 6) is 1.04. The van der Waals surface area contributed by atoms with Crippen LogP contribution in [-0.2, 0) is 22.4 Å². The van der Waals surface area contributed by atoms with Crippen LogP contribution in [0.4, 0.5) is 5.00 Å². The number of nitrogens with one attached hydrogen (secondary N) is 2. The molecule has 0 radical (unpaired) electrons. The van der Waals surface area contributed by atoms with E-state index in [1.54, 1.807) is 38.1 Å². The highest BCUT2D eigenvalue weighted by Gasteiger charge is 2.29. The largest absolute Gasteiger partial charge is 0.490 e.